The summed E-state index contributed by atoms with van der Waals surface area (Å²) in [5.41, 5.74) is 0.697. The van der Waals surface area contributed by atoms with Crippen molar-refractivity contribution >= 4 is 35.6 Å². The third kappa shape index (κ3) is 5.00. The first kappa shape index (κ1) is 19.0. The Kier molecular flexibility index (Phi) is 7.92. The summed E-state index contributed by atoms with van der Waals surface area (Å²) in [6, 6.07) is 6.97. The second kappa shape index (κ2) is 9.17. The normalized spacial score (nSPS) is 15.8. The average molecular weight is 420 g/mol. The summed E-state index contributed by atoms with van der Waals surface area (Å²) in [4.78, 5) is 8.67. The highest BCUT2D eigenvalue weighted by molar-refractivity contribution is 14.0. The largest absolute Gasteiger partial charge is 0.366 e. The molecule has 0 aromatic heterocycles. The van der Waals surface area contributed by atoms with Gasteiger partial charge in [-0.2, -0.15) is 0 Å². The predicted octanol–water partition coefficient (Wildman–Crippen LogP) is 2.80. The van der Waals surface area contributed by atoms with Gasteiger partial charge in [-0.15, -0.1) is 24.0 Å². The third-order valence-corrected chi connectivity index (χ3v) is 3.65. The lowest BCUT2D eigenvalue weighted by atomic mass is 10.2. The minimum atomic E-state index is -0.145. The van der Waals surface area contributed by atoms with E-state index in [1.54, 1.807) is 6.07 Å². The van der Waals surface area contributed by atoms with Gasteiger partial charge in [-0.25, -0.2) is 4.39 Å². The minimum Gasteiger partial charge on any atom is -0.366 e. The maximum Gasteiger partial charge on any atom is 0.193 e. The summed E-state index contributed by atoms with van der Waals surface area (Å²) >= 11 is 0. The van der Waals surface area contributed by atoms with Crippen LogP contribution in [-0.4, -0.2) is 50.6 Å². The average Bonchev–Trinajstić information content (AvgIpc) is 2.49. The highest BCUT2D eigenvalue weighted by atomic mass is 127. The predicted molar refractivity (Wildman–Crippen MR) is 102 cm³/mol. The lowest BCUT2D eigenvalue weighted by molar-refractivity contribution is 0.368. The highest BCUT2D eigenvalue weighted by Gasteiger charge is 2.21. The van der Waals surface area contributed by atoms with Gasteiger partial charge in [-0.3, -0.25) is 4.99 Å². The molecule has 0 amide bonds. The second-order valence-electron chi connectivity index (χ2n) is 5.75. The van der Waals surface area contributed by atoms with Crippen molar-refractivity contribution in [2.45, 2.75) is 13.8 Å². The van der Waals surface area contributed by atoms with E-state index in [9.17, 15) is 4.39 Å². The van der Waals surface area contributed by atoms with Gasteiger partial charge in [0.2, 0.25) is 0 Å². The van der Waals surface area contributed by atoms with E-state index in [2.05, 4.69) is 34.0 Å². The number of aliphatic imine (C=N–C) groups is 1. The Morgan fingerprint density at radius 1 is 1.23 bits per heavy atom. The molecule has 2 rings (SSSR count). The lowest BCUT2D eigenvalue weighted by Crippen LogP contribution is -2.53. The summed E-state index contributed by atoms with van der Waals surface area (Å²) in [5, 5.41) is 3.39. The van der Waals surface area contributed by atoms with E-state index in [1.807, 2.05) is 19.2 Å². The van der Waals surface area contributed by atoms with Gasteiger partial charge in [0.1, 0.15) is 5.82 Å². The number of guanidine groups is 1. The first-order chi connectivity index (χ1) is 10.1. The third-order valence-electron chi connectivity index (χ3n) is 3.65. The number of anilines is 1. The molecule has 0 atom stereocenters. The number of hydrogen-bond acceptors (Lipinski definition) is 2. The molecule has 124 valence electrons. The van der Waals surface area contributed by atoms with Crippen LogP contribution in [-0.2, 0) is 0 Å². The Balaban J connectivity index is 0.00000242. The second-order valence-corrected chi connectivity index (χ2v) is 5.75. The van der Waals surface area contributed by atoms with Crippen molar-refractivity contribution < 1.29 is 4.39 Å². The van der Waals surface area contributed by atoms with Crippen molar-refractivity contribution in [1.82, 2.24) is 10.2 Å². The van der Waals surface area contributed by atoms with Crippen molar-refractivity contribution in [2.24, 2.45) is 10.9 Å². The fraction of sp³-hybridized carbons (Fsp3) is 0.562. The molecule has 6 heteroatoms. The van der Waals surface area contributed by atoms with E-state index in [4.69, 9.17) is 0 Å². The van der Waals surface area contributed by atoms with Crippen molar-refractivity contribution in [3.63, 3.8) is 0 Å². The van der Waals surface area contributed by atoms with Crippen LogP contribution in [0.15, 0.2) is 29.3 Å². The van der Waals surface area contributed by atoms with E-state index < -0.39 is 0 Å². The molecule has 0 saturated carbocycles. The Labute approximate surface area is 149 Å². The van der Waals surface area contributed by atoms with Gasteiger partial charge >= 0.3 is 0 Å². The van der Waals surface area contributed by atoms with Gasteiger partial charge < -0.3 is 15.1 Å². The molecule has 1 heterocycles. The highest BCUT2D eigenvalue weighted by Crippen LogP contribution is 2.20. The first-order valence-corrected chi connectivity index (χ1v) is 7.57. The molecule has 1 aliphatic heterocycles. The topological polar surface area (TPSA) is 30.9 Å². The number of hydrogen-bond donors (Lipinski definition) is 1. The zero-order valence-corrected chi connectivity index (χ0v) is 15.9. The fourth-order valence-electron chi connectivity index (χ4n) is 2.50. The molecule has 1 fully saturated rings. The summed E-state index contributed by atoms with van der Waals surface area (Å²) in [5.74, 6) is 1.38. The zero-order chi connectivity index (χ0) is 15.2. The van der Waals surface area contributed by atoms with Crippen LogP contribution in [0.3, 0.4) is 0 Å². The van der Waals surface area contributed by atoms with E-state index in [0.29, 0.717) is 11.6 Å². The molecule has 1 aromatic rings. The smallest absolute Gasteiger partial charge is 0.193 e. The molecule has 1 N–H and O–H groups in total. The quantitative estimate of drug-likeness (QED) is 0.464. The van der Waals surface area contributed by atoms with Crippen molar-refractivity contribution in [1.29, 1.82) is 0 Å². The number of halogens is 2. The van der Waals surface area contributed by atoms with Crippen LogP contribution in [0.2, 0.25) is 0 Å². The molecule has 0 spiro atoms. The van der Waals surface area contributed by atoms with Crippen LogP contribution >= 0.6 is 24.0 Å². The molecular formula is C16H26FIN4. The number of nitrogens with one attached hydrogen (secondary N) is 1. The maximum absolute atomic E-state index is 13.8. The van der Waals surface area contributed by atoms with Gasteiger partial charge in [-0.05, 0) is 18.1 Å². The van der Waals surface area contributed by atoms with Gasteiger partial charge in [0.25, 0.3) is 0 Å². The Hall–Kier alpha value is -1.05. The van der Waals surface area contributed by atoms with Crippen molar-refractivity contribution in [3.8, 4) is 0 Å². The Morgan fingerprint density at radius 2 is 1.86 bits per heavy atom. The van der Waals surface area contributed by atoms with Crippen LogP contribution < -0.4 is 10.2 Å². The van der Waals surface area contributed by atoms with E-state index >= 15 is 0 Å². The molecular weight excluding hydrogens is 394 g/mol. The van der Waals surface area contributed by atoms with Crippen molar-refractivity contribution in [2.75, 3.05) is 44.7 Å². The van der Waals surface area contributed by atoms with Crippen LogP contribution in [0.5, 0.6) is 0 Å². The van der Waals surface area contributed by atoms with E-state index in [-0.39, 0.29) is 29.8 Å². The molecule has 22 heavy (non-hydrogen) atoms. The fourth-order valence-corrected chi connectivity index (χ4v) is 2.50. The van der Waals surface area contributed by atoms with Gasteiger partial charge in [0, 0.05) is 39.8 Å². The lowest BCUT2D eigenvalue weighted by Gasteiger charge is -2.37. The summed E-state index contributed by atoms with van der Waals surface area (Å²) < 4.78 is 13.8. The summed E-state index contributed by atoms with van der Waals surface area (Å²) in [7, 11) is 1.81. The number of rotatable bonds is 3. The molecule has 4 nitrogen and oxygen atoms in total. The zero-order valence-electron chi connectivity index (χ0n) is 13.6. The molecule has 0 aliphatic carbocycles. The van der Waals surface area contributed by atoms with Crippen LogP contribution in [0.4, 0.5) is 10.1 Å². The van der Waals surface area contributed by atoms with Gasteiger partial charge in [-0.1, -0.05) is 26.0 Å². The van der Waals surface area contributed by atoms with Gasteiger partial charge in [0.15, 0.2) is 5.96 Å². The minimum absolute atomic E-state index is 0. The van der Waals surface area contributed by atoms with Crippen LogP contribution in [0.1, 0.15) is 13.8 Å². The number of benzene rings is 1. The van der Waals surface area contributed by atoms with E-state index in [1.165, 1.54) is 6.07 Å². The molecule has 0 radical (unpaired) electrons. The monoisotopic (exact) mass is 420 g/mol. The van der Waals surface area contributed by atoms with Crippen molar-refractivity contribution in [3.05, 3.63) is 30.1 Å². The maximum atomic E-state index is 13.8. The molecule has 1 aliphatic rings. The van der Waals surface area contributed by atoms with Crippen LogP contribution in [0.25, 0.3) is 0 Å². The molecule has 1 saturated heterocycles. The molecule has 1 aromatic carbocycles. The first-order valence-electron chi connectivity index (χ1n) is 7.57. The Bertz CT molecular complexity index is 485. The summed E-state index contributed by atoms with van der Waals surface area (Å²) in [6.45, 7) is 8.60. The summed E-state index contributed by atoms with van der Waals surface area (Å²) in [6.07, 6.45) is 0. The number of piperazine rings is 1. The van der Waals surface area contributed by atoms with E-state index in [0.717, 1.165) is 38.7 Å². The molecule has 0 bridgehead atoms. The standard InChI is InChI=1S/C16H25FN4.HI/c1-13(2)12-19-16(18-3)21-10-8-20(9-11-21)15-7-5-4-6-14(15)17;/h4-7,13H,8-12H2,1-3H3,(H,18,19);1H. The van der Waals surface area contributed by atoms with Gasteiger partial charge in [0.05, 0.1) is 5.69 Å². The van der Waals surface area contributed by atoms with Crippen LogP contribution in [0, 0.1) is 11.7 Å². The SMILES string of the molecule is CN=C(NCC(C)C)N1CCN(c2ccccc2F)CC1.I. The Morgan fingerprint density at radius 3 is 2.41 bits per heavy atom. The number of nitrogens with zero attached hydrogens (tertiary/aromatic N) is 3. The molecule has 0 unspecified atom stereocenters. The number of para-hydroxylation sites is 1.